The van der Waals surface area contributed by atoms with Gasteiger partial charge in [-0.15, -0.1) is 21.5 Å². The first kappa shape index (κ1) is 11.0. The normalized spacial score (nSPS) is 10.8. The van der Waals surface area contributed by atoms with Crippen LogP contribution in [0.15, 0.2) is 15.9 Å². The second kappa shape index (κ2) is 5.04. The number of aromatic nitrogens is 2. The molecule has 0 spiro atoms. The second-order valence-corrected chi connectivity index (χ2v) is 5.84. The highest BCUT2D eigenvalue weighted by atomic mass is 127. The fraction of sp³-hybridized carbons (Fsp3) is 0.333. The highest BCUT2D eigenvalue weighted by Gasteiger charge is 2.09. The Morgan fingerprint density at radius 1 is 1.47 bits per heavy atom. The maximum absolute atomic E-state index is 5.51. The van der Waals surface area contributed by atoms with E-state index in [9.17, 15) is 0 Å². The van der Waals surface area contributed by atoms with Crippen molar-refractivity contribution in [2.45, 2.75) is 12.8 Å². The molecule has 0 aliphatic rings. The van der Waals surface area contributed by atoms with Gasteiger partial charge in [-0.25, -0.2) is 0 Å². The minimum Gasteiger partial charge on any atom is -0.421 e. The first-order valence-corrected chi connectivity index (χ1v) is 6.52. The third kappa shape index (κ3) is 2.76. The molecule has 0 aromatic carbocycles. The molecular formula is C9H10IN3OS. The van der Waals surface area contributed by atoms with Crippen LogP contribution in [-0.4, -0.2) is 16.7 Å². The molecular weight excluding hydrogens is 325 g/mol. The molecule has 0 aliphatic carbocycles. The number of nitrogens with zero attached hydrogens (tertiary/aromatic N) is 2. The summed E-state index contributed by atoms with van der Waals surface area (Å²) < 4.78 is 6.72. The third-order valence-electron chi connectivity index (χ3n) is 1.88. The Morgan fingerprint density at radius 3 is 3.00 bits per heavy atom. The van der Waals surface area contributed by atoms with Gasteiger partial charge < -0.3 is 10.2 Å². The van der Waals surface area contributed by atoms with Crippen LogP contribution in [0, 0.1) is 2.88 Å². The number of halogens is 1. The molecule has 0 saturated heterocycles. The van der Waals surface area contributed by atoms with Crippen LogP contribution in [-0.2, 0) is 6.42 Å². The SMILES string of the molecule is NCCCc1nnc(-c2csc(I)c2)o1. The molecule has 2 N–H and O–H groups in total. The number of thiophene rings is 1. The molecule has 0 radical (unpaired) electrons. The summed E-state index contributed by atoms with van der Waals surface area (Å²) in [7, 11) is 0. The monoisotopic (exact) mass is 335 g/mol. The molecule has 0 bridgehead atoms. The maximum Gasteiger partial charge on any atom is 0.248 e. The molecule has 0 atom stereocenters. The summed E-state index contributed by atoms with van der Waals surface area (Å²) in [5, 5.41) is 9.98. The lowest BCUT2D eigenvalue weighted by atomic mass is 10.3. The van der Waals surface area contributed by atoms with Crippen LogP contribution in [0.4, 0.5) is 0 Å². The third-order valence-corrected chi connectivity index (χ3v) is 3.67. The van der Waals surface area contributed by atoms with E-state index in [-0.39, 0.29) is 0 Å². The molecule has 2 heterocycles. The highest BCUT2D eigenvalue weighted by molar-refractivity contribution is 14.1. The van der Waals surface area contributed by atoms with Crippen molar-refractivity contribution in [2.75, 3.05) is 6.54 Å². The van der Waals surface area contributed by atoms with Crippen molar-refractivity contribution in [3.8, 4) is 11.5 Å². The van der Waals surface area contributed by atoms with Crippen LogP contribution in [0.25, 0.3) is 11.5 Å². The fourth-order valence-electron chi connectivity index (χ4n) is 1.15. The largest absolute Gasteiger partial charge is 0.421 e. The lowest BCUT2D eigenvalue weighted by molar-refractivity contribution is 0.499. The van der Waals surface area contributed by atoms with E-state index in [1.807, 2.05) is 11.4 Å². The quantitative estimate of drug-likeness (QED) is 0.871. The molecule has 2 aromatic heterocycles. The van der Waals surface area contributed by atoms with E-state index in [1.165, 1.54) is 2.88 Å². The Balaban J connectivity index is 2.13. The molecule has 15 heavy (non-hydrogen) atoms. The Hall–Kier alpha value is -0.470. The molecule has 0 aliphatic heterocycles. The topological polar surface area (TPSA) is 64.9 Å². The lowest BCUT2D eigenvalue weighted by Crippen LogP contribution is -2.00. The van der Waals surface area contributed by atoms with Gasteiger partial charge in [0, 0.05) is 11.8 Å². The number of nitrogens with two attached hydrogens (primary N) is 1. The molecule has 0 fully saturated rings. The number of hydrogen-bond donors (Lipinski definition) is 1. The Labute approximate surface area is 105 Å². The van der Waals surface area contributed by atoms with Crippen LogP contribution < -0.4 is 5.73 Å². The summed E-state index contributed by atoms with van der Waals surface area (Å²) in [6, 6.07) is 2.03. The first-order valence-electron chi connectivity index (χ1n) is 4.56. The van der Waals surface area contributed by atoms with E-state index >= 15 is 0 Å². The molecule has 2 rings (SSSR count). The first-order chi connectivity index (χ1) is 7.29. The predicted octanol–water partition coefficient (Wildman–Crippen LogP) is 2.29. The van der Waals surface area contributed by atoms with Crippen LogP contribution in [0.3, 0.4) is 0 Å². The van der Waals surface area contributed by atoms with Crippen molar-refractivity contribution in [1.29, 1.82) is 0 Å². The van der Waals surface area contributed by atoms with Gasteiger partial charge in [-0.3, -0.25) is 0 Å². The molecule has 4 nitrogen and oxygen atoms in total. The molecule has 0 amide bonds. The number of aryl methyl sites for hydroxylation is 1. The summed E-state index contributed by atoms with van der Waals surface area (Å²) in [6.07, 6.45) is 1.63. The van der Waals surface area contributed by atoms with E-state index in [1.54, 1.807) is 11.3 Å². The molecule has 80 valence electrons. The van der Waals surface area contributed by atoms with E-state index in [4.69, 9.17) is 10.2 Å². The molecule has 6 heteroatoms. The molecule has 0 saturated carbocycles. The summed E-state index contributed by atoms with van der Waals surface area (Å²) in [4.78, 5) is 0. The average Bonchev–Trinajstić information content (AvgIpc) is 2.83. The lowest BCUT2D eigenvalue weighted by Gasteiger charge is -1.90. The predicted molar refractivity (Wildman–Crippen MR) is 67.7 cm³/mol. The summed E-state index contributed by atoms with van der Waals surface area (Å²) in [6.45, 7) is 0.647. The van der Waals surface area contributed by atoms with Crippen LogP contribution in [0.1, 0.15) is 12.3 Å². The van der Waals surface area contributed by atoms with E-state index in [2.05, 4.69) is 32.8 Å². The zero-order valence-electron chi connectivity index (χ0n) is 7.94. The van der Waals surface area contributed by atoms with Gasteiger partial charge in [0.2, 0.25) is 11.8 Å². The van der Waals surface area contributed by atoms with E-state index < -0.39 is 0 Å². The van der Waals surface area contributed by atoms with Crippen molar-refractivity contribution in [2.24, 2.45) is 5.73 Å². The minimum atomic E-state index is 0.598. The zero-order chi connectivity index (χ0) is 10.7. The van der Waals surface area contributed by atoms with Gasteiger partial charge in [0.1, 0.15) is 0 Å². The van der Waals surface area contributed by atoms with Gasteiger partial charge in [-0.2, -0.15) is 0 Å². The van der Waals surface area contributed by atoms with Gasteiger partial charge in [0.05, 0.1) is 8.45 Å². The van der Waals surface area contributed by atoms with Crippen molar-refractivity contribution in [3.63, 3.8) is 0 Å². The summed E-state index contributed by atoms with van der Waals surface area (Å²) >= 11 is 3.93. The fourth-order valence-corrected chi connectivity index (χ4v) is 2.47. The number of hydrogen-bond acceptors (Lipinski definition) is 5. The van der Waals surface area contributed by atoms with Gasteiger partial charge in [-0.1, -0.05) is 0 Å². The van der Waals surface area contributed by atoms with Crippen molar-refractivity contribution < 1.29 is 4.42 Å². The molecule has 0 unspecified atom stereocenters. The molecule has 2 aromatic rings. The summed E-state index contributed by atoms with van der Waals surface area (Å²) in [5.41, 5.74) is 6.40. The smallest absolute Gasteiger partial charge is 0.248 e. The Kier molecular flexibility index (Phi) is 3.71. The van der Waals surface area contributed by atoms with Crippen molar-refractivity contribution >= 4 is 33.9 Å². The van der Waals surface area contributed by atoms with Crippen LogP contribution in [0.2, 0.25) is 0 Å². The van der Waals surface area contributed by atoms with Crippen molar-refractivity contribution in [3.05, 3.63) is 20.2 Å². The van der Waals surface area contributed by atoms with Crippen LogP contribution >= 0.6 is 33.9 Å². The summed E-state index contributed by atoms with van der Waals surface area (Å²) in [5.74, 6) is 1.26. The second-order valence-electron chi connectivity index (χ2n) is 3.03. The maximum atomic E-state index is 5.51. The Bertz CT molecular complexity index is 440. The Morgan fingerprint density at radius 2 is 2.33 bits per heavy atom. The van der Waals surface area contributed by atoms with Gasteiger partial charge in [-0.05, 0) is 41.6 Å². The average molecular weight is 335 g/mol. The van der Waals surface area contributed by atoms with E-state index in [0.717, 1.165) is 18.4 Å². The highest BCUT2D eigenvalue weighted by Crippen LogP contribution is 2.25. The van der Waals surface area contributed by atoms with Gasteiger partial charge >= 0.3 is 0 Å². The minimum absolute atomic E-state index is 0.598. The number of rotatable bonds is 4. The van der Waals surface area contributed by atoms with Gasteiger partial charge in [0.15, 0.2) is 0 Å². The van der Waals surface area contributed by atoms with Gasteiger partial charge in [0.25, 0.3) is 0 Å². The standard InChI is InChI=1S/C9H10IN3OS/c10-7-4-6(5-15-7)9-13-12-8(14-9)2-1-3-11/h4-5H,1-3,11H2. The van der Waals surface area contributed by atoms with Crippen LogP contribution in [0.5, 0.6) is 0 Å². The zero-order valence-corrected chi connectivity index (χ0v) is 10.9. The van der Waals surface area contributed by atoms with E-state index in [0.29, 0.717) is 18.3 Å². The van der Waals surface area contributed by atoms with Crippen molar-refractivity contribution in [1.82, 2.24) is 10.2 Å².